The van der Waals surface area contributed by atoms with Crippen molar-refractivity contribution in [3.8, 4) is 0 Å². The first-order valence-corrected chi connectivity index (χ1v) is 5.29. The molecule has 0 aliphatic carbocycles. The number of amides is 1. The van der Waals surface area contributed by atoms with E-state index in [9.17, 15) is 9.59 Å². The van der Waals surface area contributed by atoms with Gasteiger partial charge in [0, 0.05) is 12.8 Å². The van der Waals surface area contributed by atoms with E-state index in [4.69, 9.17) is 0 Å². The Hall–Kier alpha value is -0.860. The van der Waals surface area contributed by atoms with Gasteiger partial charge in [0.25, 0.3) is 0 Å². The van der Waals surface area contributed by atoms with Gasteiger partial charge in [-0.05, 0) is 19.3 Å². The summed E-state index contributed by atoms with van der Waals surface area (Å²) in [7, 11) is 0. The lowest BCUT2D eigenvalue weighted by Crippen LogP contribution is -2.38. The minimum atomic E-state index is -0.334. The summed E-state index contributed by atoms with van der Waals surface area (Å²) < 4.78 is 0. The van der Waals surface area contributed by atoms with Crippen LogP contribution in [0.15, 0.2) is 0 Å². The van der Waals surface area contributed by atoms with Crippen LogP contribution in [0.1, 0.15) is 47.0 Å². The van der Waals surface area contributed by atoms with E-state index < -0.39 is 0 Å². The fraction of sp³-hybridized carbons (Fsp3) is 0.818. The molecule has 0 heterocycles. The molecular formula is C11H21NO2. The topological polar surface area (TPSA) is 46.2 Å². The lowest BCUT2D eigenvalue weighted by atomic mass is 10.1. The van der Waals surface area contributed by atoms with Crippen LogP contribution in [0.4, 0.5) is 0 Å². The normalized spacial score (nSPS) is 12.6. The smallest absolute Gasteiger partial charge is 0.220 e. The third-order valence-electron chi connectivity index (χ3n) is 2.16. The number of nitrogens with one attached hydrogen (secondary N) is 1. The minimum absolute atomic E-state index is 0.0204. The molecule has 0 aromatic rings. The SMILES string of the molecule is CCC(=O)C(C)NC(=O)CCC(C)C. The van der Waals surface area contributed by atoms with Gasteiger partial charge in [0.2, 0.25) is 5.91 Å². The maximum absolute atomic E-state index is 11.3. The number of Topliss-reactive ketones (excluding diaryl/α,β-unsaturated/α-hetero) is 1. The Morgan fingerprint density at radius 3 is 2.21 bits per heavy atom. The molecule has 0 aliphatic rings. The Balaban J connectivity index is 3.77. The highest BCUT2D eigenvalue weighted by atomic mass is 16.2. The van der Waals surface area contributed by atoms with Gasteiger partial charge >= 0.3 is 0 Å². The quantitative estimate of drug-likeness (QED) is 0.710. The van der Waals surface area contributed by atoms with Gasteiger partial charge in [0.15, 0.2) is 5.78 Å². The second-order valence-corrected chi connectivity index (χ2v) is 4.04. The summed E-state index contributed by atoms with van der Waals surface area (Å²) in [4.78, 5) is 22.5. The zero-order valence-corrected chi connectivity index (χ0v) is 9.59. The lowest BCUT2D eigenvalue weighted by molar-refractivity contribution is -0.127. The van der Waals surface area contributed by atoms with Crippen molar-refractivity contribution in [1.82, 2.24) is 5.32 Å². The summed E-state index contributed by atoms with van der Waals surface area (Å²) in [6.45, 7) is 7.69. The fourth-order valence-corrected chi connectivity index (χ4v) is 1.12. The van der Waals surface area contributed by atoms with Gasteiger partial charge in [-0.15, -0.1) is 0 Å². The molecule has 0 aromatic carbocycles. The van der Waals surface area contributed by atoms with Crippen molar-refractivity contribution < 1.29 is 9.59 Å². The number of rotatable bonds is 6. The summed E-state index contributed by atoms with van der Waals surface area (Å²) >= 11 is 0. The zero-order chi connectivity index (χ0) is 11.1. The summed E-state index contributed by atoms with van der Waals surface area (Å²) in [5.74, 6) is 0.592. The fourth-order valence-electron chi connectivity index (χ4n) is 1.12. The highest BCUT2D eigenvalue weighted by molar-refractivity contribution is 5.88. The van der Waals surface area contributed by atoms with Gasteiger partial charge in [-0.25, -0.2) is 0 Å². The molecule has 1 unspecified atom stereocenters. The van der Waals surface area contributed by atoms with Crippen LogP contribution < -0.4 is 5.32 Å². The maximum atomic E-state index is 11.3. The number of ketones is 1. The van der Waals surface area contributed by atoms with Crippen LogP contribution in [-0.2, 0) is 9.59 Å². The molecule has 0 bridgehead atoms. The minimum Gasteiger partial charge on any atom is -0.347 e. The number of hydrogen-bond donors (Lipinski definition) is 1. The van der Waals surface area contributed by atoms with Crippen LogP contribution in [0.5, 0.6) is 0 Å². The largest absolute Gasteiger partial charge is 0.347 e. The molecule has 14 heavy (non-hydrogen) atoms. The predicted octanol–water partition coefficient (Wildman–Crippen LogP) is 1.91. The second kappa shape index (κ2) is 6.57. The summed E-state index contributed by atoms with van der Waals surface area (Å²) in [6.07, 6.45) is 1.86. The van der Waals surface area contributed by atoms with E-state index in [2.05, 4.69) is 19.2 Å². The number of carbonyl (C=O) groups is 2. The second-order valence-electron chi connectivity index (χ2n) is 4.04. The van der Waals surface area contributed by atoms with E-state index in [0.29, 0.717) is 18.8 Å². The first-order chi connectivity index (χ1) is 6.47. The van der Waals surface area contributed by atoms with E-state index in [-0.39, 0.29) is 17.7 Å². The van der Waals surface area contributed by atoms with Crippen LogP contribution in [0.2, 0.25) is 0 Å². The Labute approximate surface area is 86.3 Å². The molecule has 0 radical (unpaired) electrons. The molecule has 0 aliphatic heterocycles. The molecule has 0 saturated heterocycles. The zero-order valence-electron chi connectivity index (χ0n) is 9.59. The Kier molecular flexibility index (Phi) is 6.17. The molecule has 1 amide bonds. The van der Waals surface area contributed by atoms with E-state index in [1.165, 1.54) is 0 Å². The maximum Gasteiger partial charge on any atom is 0.220 e. The number of hydrogen-bond acceptors (Lipinski definition) is 2. The van der Waals surface area contributed by atoms with Gasteiger partial charge < -0.3 is 5.32 Å². The molecule has 0 aromatic heterocycles. The van der Waals surface area contributed by atoms with E-state index in [0.717, 1.165) is 6.42 Å². The summed E-state index contributed by atoms with van der Waals surface area (Å²) in [5, 5.41) is 2.70. The summed E-state index contributed by atoms with van der Waals surface area (Å²) in [6, 6.07) is -0.334. The van der Waals surface area contributed by atoms with Crippen molar-refractivity contribution >= 4 is 11.7 Å². The van der Waals surface area contributed by atoms with E-state index >= 15 is 0 Å². The van der Waals surface area contributed by atoms with Crippen molar-refractivity contribution in [2.24, 2.45) is 5.92 Å². The van der Waals surface area contributed by atoms with Gasteiger partial charge in [0.1, 0.15) is 0 Å². The molecule has 0 fully saturated rings. The highest BCUT2D eigenvalue weighted by Crippen LogP contribution is 2.03. The van der Waals surface area contributed by atoms with Crippen LogP contribution in [0, 0.1) is 5.92 Å². The van der Waals surface area contributed by atoms with Crippen molar-refractivity contribution in [2.45, 2.75) is 53.0 Å². The Morgan fingerprint density at radius 1 is 1.21 bits per heavy atom. The number of carbonyl (C=O) groups excluding carboxylic acids is 2. The first kappa shape index (κ1) is 13.1. The van der Waals surface area contributed by atoms with Gasteiger partial charge in [-0.2, -0.15) is 0 Å². The molecule has 0 rings (SSSR count). The van der Waals surface area contributed by atoms with E-state index in [1.807, 2.05) is 0 Å². The first-order valence-electron chi connectivity index (χ1n) is 5.29. The molecule has 0 saturated carbocycles. The molecule has 0 spiro atoms. The molecule has 1 atom stereocenters. The van der Waals surface area contributed by atoms with Gasteiger partial charge in [-0.1, -0.05) is 20.8 Å². The molecule has 3 heteroatoms. The van der Waals surface area contributed by atoms with Crippen molar-refractivity contribution in [3.05, 3.63) is 0 Å². The third kappa shape index (κ3) is 5.73. The monoisotopic (exact) mass is 199 g/mol. The standard InChI is InChI=1S/C11H21NO2/c1-5-10(13)9(4)12-11(14)7-6-8(2)3/h8-9H,5-7H2,1-4H3,(H,12,14). The van der Waals surface area contributed by atoms with Gasteiger partial charge in [-0.3, -0.25) is 9.59 Å². The van der Waals surface area contributed by atoms with E-state index in [1.54, 1.807) is 13.8 Å². The molecule has 3 nitrogen and oxygen atoms in total. The summed E-state index contributed by atoms with van der Waals surface area (Å²) in [5.41, 5.74) is 0. The Morgan fingerprint density at radius 2 is 1.79 bits per heavy atom. The van der Waals surface area contributed by atoms with Crippen LogP contribution >= 0.6 is 0 Å². The average molecular weight is 199 g/mol. The van der Waals surface area contributed by atoms with Gasteiger partial charge in [0.05, 0.1) is 6.04 Å². The Bertz CT molecular complexity index is 199. The average Bonchev–Trinajstić information content (AvgIpc) is 2.13. The van der Waals surface area contributed by atoms with Crippen LogP contribution in [-0.4, -0.2) is 17.7 Å². The third-order valence-corrected chi connectivity index (χ3v) is 2.16. The highest BCUT2D eigenvalue weighted by Gasteiger charge is 2.13. The molecule has 1 N–H and O–H groups in total. The molecule has 82 valence electrons. The van der Waals surface area contributed by atoms with Crippen molar-refractivity contribution in [3.63, 3.8) is 0 Å². The predicted molar refractivity (Wildman–Crippen MR) is 57.0 cm³/mol. The molecular weight excluding hydrogens is 178 g/mol. The lowest BCUT2D eigenvalue weighted by Gasteiger charge is -2.12. The van der Waals surface area contributed by atoms with Crippen LogP contribution in [0.25, 0.3) is 0 Å². The van der Waals surface area contributed by atoms with Crippen LogP contribution in [0.3, 0.4) is 0 Å². The van der Waals surface area contributed by atoms with Crippen molar-refractivity contribution in [2.75, 3.05) is 0 Å². The van der Waals surface area contributed by atoms with Crippen molar-refractivity contribution in [1.29, 1.82) is 0 Å².